The zero-order chi connectivity index (χ0) is 13.1. The molecule has 96 valence electrons. The second kappa shape index (κ2) is 5.31. The van der Waals surface area contributed by atoms with Crippen LogP contribution in [-0.4, -0.2) is 20.7 Å². The van der Waals surface area contributed by atoms with Crippen LogP contribution >= 0.6 is 0 Å². The lowest BCUT2D eigenvalue weighted by molar-refractivity contribution is 0.234. The average Bonchev–Trinajstić information content (AvgIpc) is 2.27. The highest BCUT2D eigenvalue weighted by Crippen LogP contribution is 2.23. The summed E-state index contributed by atoms with van der Waals surface area (Å²) in [5, 5.41) is 0. The van der Waals surface area contributed by atoms with Gasteiger partial charge < -0.3 is 5.73 Å². The zero-order valence-electron chi connectivity index (χ0n) is 9.31. The number of anilines is 2. The first-order valence-electron chi connectivity index (χ1n) is 5.05. The molecule has 0 fully saturated rings. The Labute approximate surface area is 99.1 Å². The Balaban J connectivity index is 3.14. The van der Waals surface area contributed by atoms with Crippen LogP contribution in [0.2, 0.25) is 0 Å². The van der Waals surface area contributed by atoms with Crippen molar-refractivity contribution in [1.29, 1.82) is 0 Å². The van der Waals surface area contributed by atoms with E-state index in [-0.39, 0.29) is 12.2 Å². The molecule has 0 aliphatic heterocycles. The number of rotatable bonds is 5. The van der Waals surface area contributed by atoms with Gasteiger partial charge >= 0.3 is 5.76 Å². The Morgan fingerprint density at radius 1 is 1.29 bits per heavy atom. The lowest BCUT2D eigenvalue weighted by atomic mass is 10.3. The number of nitrogen functional groups attached to an aromatic ring is 1. The molecule has 7 heteroatoms. The van der Waals surface area contributed by atoms with Crippen molar-refractivity contribution in [3.63, 3.8) is 0 Å². The van der Waals surface area contributed by atoms with E-state index in [0.717, 1.165) is 0 Å². The molecule has 0 unspecified atom stereocenters. The molecule has 0 aliphatic rings. The summed E-state index contributed by atoms with van der Waals surface area (Å²) in [4.78, 5) is 0. The van der Waals surface area contributed by atoms with E-state index in [1.165, 1.54) is 24.3 Å². The summed E-state index contributed by atoms with van der Waals surface area (Å²) in [7, 11) is -4.61. The van der Waals surface area contributed by atoms with Crippen molar-refractivity contribution in [2.24, 2.45) is 0 Å². The van der Waals surface area contributed by atoms with Gasteiger partial charge in [0.2, 0.25) is 0 Å². The molecule has 0 radical (unpaired) electrons. The van der Waals surface area contributed by atoms with Crippen LogP contribution in [0.1, 0.15) is 13.3 Å². The van der Waals surface area contributed by atoms with Gasteiger partial charge in [0.05, 0.1) is 5.69 Å². The summed E-state index contributed by atoms with van der Waals surface area (Å²) >= 11 is 0. The molecule has 0 aromatic heterocycles. The first kappa shape index (κ1) is 13.7. The highest BCUT2D eigenvalue weighted by Gasteiger charge is 2.31. The Hall–Kier alpha value is -1.37. The van der Waals surface area contributed by atoms with Crippen LogP contribution in [0.15, 0.2) is 24.3 Å². The number of hydrogen-bond donors (Lipinski definition) is 1. The van der Waals surface area contributed by atoms with Gasteiger partial charge in [0, 0.05) is 12.2 Å². The number of sulfonamides is 1. The summed E-state index contributed by atoms with van der Waals surface area (Å²) in [5.41, 5.74) is 6.09. The first-order chi connectivity index (χ1) is 7.89. The Bertz CT molecular complexity index is 460. The number of nitrogens with zero attached hydrogens (tertiary/aromatic N) is 1. The van der Waals surface area contributed by atoms with Gasteiger partial charge in [-0.25, -0.2) is 8.42 Å². The van der Waals surface area contributed by atoms with Crippen molar-refractivity contribution < 1.29 is 17.2 Å². The zero-order valence-corrected chi connectivity index (χ0v) is 10.1. The van der Waals surface area contributed by atoms with Crippen LogP contribution < -0.4 is 10.0 Å². The second-order valence-electron chi connectivity index (χ2n) is 3.47. The van der Waals surface area contributed by atoms with Gasteiger partial charge in [0.1, 0.15) is 0 Å². The minimum absolute atomic E-state index is 0.0105. The topological polar surface area (TPSA) is 63.4 Å². The smallest absolute Gasteiger partial charge is 0.355 e. The largest absolute Gasteiger partial charge is 0.399 e. The van der Waals surface area contributed by atoms with E-state index in [4.69, 9.17) is 5.73 Å². The van der Waals surface area contributed by atoms with Crippen LogP contribution in [0, 0.1) is 0 Å². The standard InChI is InChI=1S/C10H14F2N2O2S/c1-2-7-14(17(15,16)10(11)12)9-5-3-8(13)4-6-9/h3-6,10H,2,7,13H2,1H3. The van der Waals surface area contributed by atoms with Crippen molar-refractivity contribution in [1.82, 2.24) is 0 Å². The molecule has 0 atom stereocenters. The van der Waals surface area contributed by atoms with Gasteiger partial charge in [0.15, 0.2) is 0 Å². The average molecular weight is 264 g/mol. The second-order valence-corrected chi connectivity index (χ2v) is 5.30. The minimum atomic E-state index is -4.61. The van der Waals surface area contributed by atoms with Crippen LogP contribution in [0.3, 0.4) is 0 Å². The first-order valence-corrected chi connectivity index (χ1v) is 6.55. The highest BCUT2D eigenvalue weighted by molar-refractivity contribution is 7.93. The molecular weight excluding hydrogens is 250 g/mol. The molecule has 17 heavy (non-hydrogen) atoms. The van der Waals surface area contributed by atoms with Crippen LogP contribution in [0.25, 0.3) is 0 Å². The van der Waals surface area contributed by atoms with E-state index in [0.29, 0.717) is 16.4 Å². The summed E-state index contributed by atoms with van der Waals surface area (Å²) < 4.78 is 48.6. The molecule has 0 spiro atoms. The Morgan fingerprint density at radius 2 is 1.82 bits per heavy atom. The predicted octanol–water partition coefficient (Wildman–Crippen LogP) is 2.04. The summed E-state index contributed by atoms with van der Waals surface area (Å²) in [5.74, 6) is -3.42. The van der Waals surface area contributed by atoms with Gasteiger partial charge in [-0.15, -0.1) is 0 Å². The maximum Gasteiger partial charge on any atom is 0.355 e. The van der Waals surface area contributed by atoms with E-state index in [9.17, 15) is 17.2 Å². The molecule has 0 bridgehead atoms. The fraction of sp³-hybridized carbons (Fsp3) is 0.400. The van der Waals surface area contributed by atoms with Crippen LogP contribution in [0.4, 0.5) is 20.2 Å². The molecule has 1 aromatic rings. The van der Waals surface area contributed by atoms with Crippen molar-refractivity contribution in [3.05, 3.63) is 24.3 Å². The molecule has 0 heterocycles. The molecule has 0 saturated heterocycles. The van der Waals surface area contributed by atoms with Crippen LogP contribution in [-0.2, 0) is 10.0 Å². The maximum absolute atomic E-state index is 12.5. The number of halogens is 2. The van der Waals surface area contributed by atoms with Crippen molar-refractivity contribution in [2.45, 2.75) is 19.1 Å². The molecule has 2 N–H and O–H groups in total. The SMILES string of the molecule is CCCN(c1ccc(N)cc1)S(=O)(=O)C(F)F. The molecule has 0 saturated carbocycles. The third-order valence-corrected chi connectivity index (χ3v) is 3.60. The fourth-order valence-corrected chi connectivity index (χ4v) is 2.39. The molecule has 4 nitrogen and oxygen atoms in total. The monoisotopic (exact) mass is 264 g/mol. The lowest BCUT2D eigenvalue weighted by Crippen LogP contribution is -2.36. The fourth-order valence-electron chi connectivity index (χ4n) is 1.34. The molecule has 1 aromatic carbocycles. The quantitative estimate of drug-likeness (QED) is 0.828. The lowest BCUT2D eigenvalue weighted by Gasteiger charge is -2.23. The maximum atomic E-state index is 12.5. The normalized spacial score (nSPS) is 11.8. The van der Waals surface area contributed by atoms with E-state index in [2.05, 4.69) is 0 Å². The van der Waals surface area contributed by atoms with Crippen molar-refractivity contribution >= 4 is 21.4 Å². The van der Waals surface area contributed by atoms with Crippen molar-refractivity contribution in [3.8, 4) is 0 Å². The minimum Gasteiger partial charge on any atom is -0.399 e. The predicted molar refractivity (Wildman–Crippen MR) is 63.4 cm³/mol. The number of nitrogens with two attached hydrogens (primary N) is 1. The molecule has 0 aliphatic carbocycles. The summed E-state index contributed by atoms with van der Waals surface area (Å²) in [6.07, 6.45) is 0.441. The van der Waals surface area contributed by atoms with Gasteiger partial charge in [-0.05, 0) is 30.7 Å². The number of hydrogen-bond acceptors (Lipinski definition) is 3. The van der Waals surface area contributed by atoms with Gasteiger partial charge in [0.25, 0.3) is 10.0 Å². The number of benzene rings is 1. The van der Waals surface area contributed by atoms with E-state index in [1.54, 1.807) is 6.92 Å². The number of alkyl halides is 2. The van der Waals surface area contributed by atoms with E-state index >= 15 is 0 Å². The third-order valence-electron chi connectivity index (χ3n) is 2.14. The van der Waals surface area contributed by atoms with Crippen molar-refractivity contribution in [2.75, 3.05) is 16.6 Å². The van der Waals surface area contributed by atoms with E-state index in [1.807, 2.05) is 0 Å². The third kappa shape index (κ3) is 3.06. The molecule has 1 rings (SSSR count). The molecular formula is C10H14F2N2O2S. The Kier molecular flexibility index (Phi) is 4.28. The van der Waals surface area contributed by atoms with Crippen LogP contribution in [0.5, 0.6) is 0 Å². The summed E-state index contributed by atoms with van der Waals surface area (Å²) in [6, 6.07) is 5.76. The van der Waals surface area contributed by atoms with Gasteiger partial charge in [-0.2, -0.15) is 8.78 Å². The Morgan fingerprint density at radius 3 is 2.24 bits per heavy atom. The summed E-state index contributed by atoms with van der Waals surface area (Å²) in [6.45, 7) is 1.72. The molecule has 0 amide bonds. The van der Waals surface area contributed by atoms with E-state index < -0.39 is 15.8 Å². The van der Waals surface area contributed by atoms with Gasteiger partial charge in [-0.3, -0.25) is 4.31 Å². The van der Waals surface area contributed by atoms with Gasteiger partial charge in [-0.1, -0.05) is 6.92 Å². The highest BCUT2D eigenvalue weighted by atomic mass is 32.2.